The fourth-order valence-corrected chi connectivity index (χ4v) is 3.02. The fourth-order valence-electron chi connectivity index (χ4n) is 3.02. The molecule has 0 aliphatic heterocycles. The van der Waals surface area contributed by atoms with Gasteiger partial charge in [0.2, 0.25) is 11.8 Å². The lowest BCUT2D eigenvalue weighted by molar-refractivity contribution is -0.117. The zero-order valence-corrected chi connectivity index (χ0v) is 18.7. The standard InChI is InChI=1S/C27H34N2O2/c1-22-8-12-24(13-9-22)16-18-26(30)28-20-6-4-3-5-7-21-29-27(31)19-17-25-14-10-23(2)11-15-25/h8-19H,3-7,20-21H2,1-2H3,(H,28,30)(H,29,31)/b18-16+,19-17+. The highest BCUT2D eigenvalue weighted by atomic mass is 16.2. The molecule has 2 amide bonds. The van der Waals surface area contributed by atoms with E-state index in [0.717, 1.165) is 43.2 Å². The van der Waals surface area contributed by atoms with E-state index in [1.54, 1.807) is 12.2 Å². The van der Waals surface area contributed by atoms with Crippen molar-refractivity contribution in [3.63, 3.8) is 0 Å². The molecule has 0 saturated heterocycles. The fraction of sp³-hybridized carbons (Fsp3) is 0.333. The highest BCUT2D eigenvalue weighted by Gasteiger charge is 1.98. The summed E-state index contributed by atoms with van der Waals surface area (Å²) in [5.41, 5.74) is 4.47. The average molecular weight is 419 g/mol. The molecule has 0 atom stereocenters. The Morgan fingerprint density at radius 1 is 0.613 bits per heavy atom. The SMILES string of the molecule is Cc1ccc(/C=C/C(=O)NCCCCCCCNC(=O)/C=C/c2ccc(C)cc2)cc1. The quantitative estimate of drug-likeness (QED) is 0.367. The third-order valence-electron chi connectivity index (χ3n) is 4.96. The first kappa shape index (κ1) is 24.1. The van der Waals surface area contributed by atoms with Crippen molar-refractivity contribution in [2.24, 2.45) is 0 Å². The molecule has 2 aromatic rings. The molecule has 0 spiro atoms. The number of carbonyl (C=O) groups is 2. The molecule has 2 rings (SSSR count). The molecule has 4 heteroatoms. The average Bonchev–Trinajstić information content (AvgIpc) is 2.77. The van der Waals surface area contributed by atoms with Crippen molar-refractivity contribution in [3.05, 3.63) is 82.9 Å². The minimum absolute atomic E-state index is 0.0537. The molecule has 4 nitrogen and oxygen atoms in total. The number of unbranched alkanes of at least 4 members (excludes halogenated alkanes) is 4. The maximum atomic E-state index is 11.8. The Hall–Kier alpha value is -3.14. The van der Waals surface area contributed by atoms with Crippen LogP contribution in [0.4, 0.5) is 0 Å². The molecule has 2 N–H and O–H groups in total. The molecule has 0 aliphatic rings. The Labute approximate surface area is 186 Å². The molecule has 0 bridgehead atoms. The largest absolute Gasteiger partial charge is 0.353 e. The first-order valence-electron chi connectivity index (χ1n) is 11.1. The molecule has 0 radical (unpaired) electrons. The van der Waals surface area contributed by atoms with Gasteiger partial charge in [0.1, 0.15) is 0 Å². The molecule has 0 unspecified atom stereocenters. The van der Waals surface area contributed by atoms with Gasteiger partial charge in [-0.25, -0.2) is 0 Å². The Morgan fingerprint density at radius 3 is 1.35 bits per heavy atom. The predicted octanol–water partition coefficient (Wildman–Crippen LogP) is 5.21. The minimum atomic E-state index is -0.0537. The van der Waals surface area contributed by atoms with Crippen LogP contribution in [-0.2, 0) is 9.59 Å². The second-order valence-corrected chi connectivity index (χ2v) is 7.84. The van der Waals surface area contributed by atoms with Crippen LogP contribution in [0.15, 0.2) is 60.7 Å². The van der Waals surface area contributed by atoms with Crippen molar-refractivity contribution < 1.29 is 9.59 Å². The van der Waals surface area contributed by atoms with Gasteiger partial charge in [0, 0.05) is 25.2 Å². The monoisotopic (exact) mass is 418 g/mol. The third-order valence-corrected chi connectivity index (χ3v) is 4.96. The van der Waals surface area contributed by atoms with Crippen LogP contribution in [-0.4, -0.2) is 24.9 Å². The highest BCUT2D eigenvalue weighted by Crippen LogP contribution is 2.06. The van der Waals surface area contributed by atoms with E-state index < -0.39 is 0 Å². The number of benzene rings is 2. The molecule has 0 heterocycles. The van der Waals surface area contributed by atoms with E-state index in [4.69, 9.17) is 0 Å². The van der Waals surface area contributed by atoms with Gasteiger partial charge in [-0.15, -0.1) is 0 Å². The van der Waals surface area contributed by atoms with E-state index in [-0.39, 0.29) is 11.8 Å². The Balaban J connectivity index is 1.45. The summed E-state index contributed by atoms with van der Waals surface area (Å²) in [5, 5.41) is 5.84. The molecule has 164 valence electrons. The highest BCUT2D eigenvalue weighted by molar-refractivity contribution is 5.92. The molecule has 0 aromatic heterocycles. The van der Waals surface area contributed by atoms with Crippen LogP contribution < -0.4 is 10.6 Å². The van der Waals surface area contributed by atoms with Gasteiger partial charge < -0.3 is 10.6 Å². The molecule has 0 fully saturated rings. The van der Waals surface area contributed by atoms with Crippen LogP contribution in [0.5, 0.6) is 0 Å². The number of aryl methyl sites for hydroxylation is 2. The van der Waals surface area contributed by atoms with E-state index in [1.165, 1.54) is 11.1 Å². The van der Waals surface area contributed by atoms with Crippen molar-refractivity contribution >= 4 is 24.0 Å². The van der Waals surface area contributed by atoms with Crippen molar-refractivity contribution in [2.75, 3.05) is 13.1 Å². The minimum Gasteiger partial charge on any atom is -0.353 e. The van der Waals surface area contributed by atoms with Gasteiger partial charge in [-0.3, -0.25) is 9.59 Å². The smallest absolute Gasteiger partial charge is 0.243 e. The summed E-state index contributed by atoms with van der Waals surface area (Å²) in [6.45, 7) is 5.47. The van der Waals surface area contributed by atoms with E-state index in [1.807, 2.05) is 74.5 Å². The predicted molar refractivity (Wildman–Crippen MR) is 130 cm³/mol. The zero-order chi connectivity index (χ0) is 22.3. The summed E-state index contributed by atoms with van der Waals surface area (Å²) < 4.78 is 0. The molecule has 0 aliphatic carbocycles. The molecule has 0 saturated carbocycles. The third kappa shape index (κ3) is 11.0. The first-order chi connectivity index (χ1) is 15.0. The van der Waals surface area contributed by atoms with Gasteiger partial charge in [0.05, 0.1) is 0 Å². The summed E-state index contributed by atoms with van der Waals surface area (Å²) in [7, 11) is 0. The Morgan fingerprint density at radius 2 is 0.968 bits per heavy atom. The van der Waals surface area contributed by atoms with Gasteiger partial charge in [0.15, 0.2) is 0 Å². The van der Waals surface area contributed by atoms with Crippen molar-refractivity contribution in [1.82, 2.24) is 10.6 Å². The Bertz CT molecular complexity index is 792. The summed E-state index contributed by atoms with van der Waals surface area (Å²) in [6, 6.07) is 16.1. The van der Waals surface area contributed by atoms with Crippen LogP contribution in [0, 0.1) is 13.8 Å². The summed E-state index contributed by atoms with van der Waals surface area (Å²) in [4.78, 5) is 23.7. The van der Waals surface area contributed by atoms with Crippen LogP contribution >= 0.6 is 0 Å². The number of rotatable bonds is 12. The second kappa shape index (κ2) is 14.0. The number of hydrogen-bond acceptors (Lipinski definition) is 2. The number of carbonyl (C=O) groups excluding carboxylic acids is 2. The van der Waals surface area contributed by atoms with Crippen molar-refractivity contribution in [1.29, 1.82) is 0 Å². The van der Waals surface area contributed by atoms with E-state index in [2.05, 4.69) is 10.6 Å². The lowest BCUT2D eigenvalue weighted by Gasteiger charge is -2.04. The van der Waals surface area contributed by atoms with Crippen molar-refractivity contribution in [3.8, 4) is 0 Å². The summed E-state index contributed by atoms with van der Waals surface area (Å²) >= 11 is 0. The zero-order valence-electron chi connectivity index (χ0n) is 18.7. The molecular weight excluding hydrogens is 384 g/mol. The van der Waals surface area contributed by atoms with Gasteiger partial charge >= 0.3 is 0 Å². The summed E-state index contributed by atoms with van der Waals surface area (Å²) in [5.74, 6) is -0.107. The van der Waals surface area contributed by atoms with Crippen LogP contribution in [0.3, 0.4) is 0 Å². The van der Waals surface area contributed by atoms with Gasteiger partial charge in [-0.2, -0.15) is 0 Å². The lowest BCUT2D eigenvalue weighted by Crippen LogP contribution is -2.22. The maximum absolute atomic E-state index is 11.8. The molecule has 2 aromatic carbocycles. The van der Waals surface area contributed by atoms with Gasteiger partial charge in [0.25, 0.3) is 0 Å². The van der Waals surface area contributed by atoms with Gasteiger partial charge in [-0.1, -0.05) is 78.9 Å². The van der Waals surface area contributed by atoms with Crippen LogP contribution in [0.2, 0.25) is 0 Å². The van der Waals surface area contributed by atoms with E-state index in [0.29, 0.717) is 13.1 Å². The van der Waals surface area contributed by atoms with Gasteiger partial charge in [-0.05, 0) is 50.0 Å². The number of hydrogen-bond donors (Lipinski definition) is 2. The molecular formula is C27H34N2O2. The van der Waals surface area contributed by atoms with E-state index >= 15 is 0 Å². The lowest BCUT2D eigenvalue weighted by atomic mass is 10.1. The van der Waals surface area contributed by atoms with E-state index in [9.17, 15) is 9.59 Å². The maximum Gasteiger partial charge on any atom is 0.243 e. The number of amides is 2. The Kier molecular flexibility index (Phi) is 10.9. The topological polar surface area (TPSA) is 58.2 Å². The van der Waals surface area contributed by atoms with Crippen molar-refractivity contribution in [2.45, 2.75) is 46.0 Å². The molecule has 31 heavy (non-hydrogen) atoms. The number of nitrogens with one attached hydrogen (secondary N) is 2. The van der Waals surface area contributed by atoms with Crippen LogP contribution in [0.1, 0.15) is 54.4 Å². The summed E-state index contributed by atoms with van der Waals surface area (Å²) in [6.07, 6.45) is 12.0. The van der Waals surface area contributed by atoms with Crippen LogP contribution in [0.25, 0.3) is 12.2 Å². The second-order valence-electron chi connectivity index (χ2n) is 7.84. The normalized spacial score (nSPS) is 11.2. The first-order valence-corrected chi connectivity index (χ1v) is 11.1.